The van der Waals surface area contributed by atoms with E-state index in [9.17, 15) is 18.0 Å². The zero-order valence-corrected chi connectivity index (χ0v) is 16.3. The zero-order chi connectivity index (χ0) is 20.8. The Balaban J connectivity index is 1.68. The quantitative estimate of drug-likeness (QED) is 0.761. The Morgan fingerprint density at radius 1 is 1.45 bits per heavy atom. The minimum Gasteiger partial charge on any atom is -0.458 e. The van der Waals surface area contributed by atoms with Crippen molar-refractivity contribution in [2.75, 3.05) is 18.5 Å². The monoisotopic (exact) mass is 412 g/mol. The number of carbonyl (C=O) groups is 1. The van der Waals surface area contributed by atoms with E-state index in [4.69, 9.17) is 9.47 Å². The number of rotatable bonds is 5. The van der Waals surface area contributed by atoms with Gasteiger partial charge in [0.25, 0.3) is 5.92 Å². The maximum Gasteiger partial charge on any atom is 0.303 e. The average Bonchev–Trinajstić information content (AvgIpc) is 2.90. The molecule has 0 spiro atoms. The molecule has 1 N–H and O–H groups in total. The maximum absolute atomic E-state index is 14.4. The fourth-order valence-electron chi connectivity index (χ4n) is 4.18. The molecule has 158 valence electrons. The van der Waals surface area contributed by atoms with E-state index >= 15 is 0 Å². The van der Waals surface area contributed by atoms with E-state index in [1.807, 2.05) is 0 Å². The van der Waals surface area contributed by atoms with Crippen LogP contribution in [0, 0.1) is 5.82 Å². The number of hydrogen-bond donors (Lipinski definition) is 1. The van der Waals surface area contributed by atoms with Crippen molar-refractivity contribution in [1.82, 2.24) is 14.6 Å². The summed E-state index contributed by atoms with van der Waals surface area (Å²) >= 11 is 0. The predicted molar refractivity (Wildman–Crippen MR) is 97.5 cm³/mol. The van der Waals surface area contributed by atoms with E-state index in [0.717, 1.165) is 13.0 Å². The molecule has 2 aromatic heterocycles. The van der Waals surface area contributed by atoms with Crippen molar-refractivity contribution in [3.05, 3.63) is 23.8 Å². The van der Waals surface area contributed by atoms with Crippen LogP contribution in [0.25, 0.3) is 5.52 Å². The lowest BCUT2D eigenvalue weighted by Crippen LogP contribution is -2.49. The predicted octanol–water partition coefficient (Wildman–Crippen LogP) is 3.08. The van der Waals surface area contributed by atoms with E-state index in [2.05, 4.69) is 15.4 Å². The van der Waals surface area contributed by atoms with Gasteiger partial charge in [-0.3, -0.25) is 4.79 Å². The smallest absolute Gasteiger partial charge is 0.303 e. The summed E-state index contributed by atoms with van der Waals surface area (Å²) in [6.45, 7) is 2.88. The number of carbonyl (C=O) groups excluding carboxylic acids is 1. The summed E-state index contributed by atoms with van der Waals surface area (Å²) < 4.78 is 55.2. The molecule has 2 aliphatic rings. The van der Waals surface area contributed by atoms with Gasteiger partial charge in [-0.1, -0.05) is 6.42 Å². The van der Waals surface area contributed by atoms with Gasteiger partial charge in [0.05, 0.1) is 30.0 Å². The number of alkyl halides is 2. The van der Waals surface area contributed by atoms with Crippen molar-refractivity contribution in [3.8, 4) is 0 Å². The van der Waals surface area contributed by atoms with Crippen LogP contribution >= 0.6 is 0 Å². The third-order valence-corrected chi connectivity index (χ3v) is 5.94. The molecule has 2 atom stereocenters. The SMILES string of the molecule is CC(=O)O[C@@H]1COCC[C@H]1Nc1ncc2c(F)cc(C3(C(C)(F)F)CCC3)n2n1. The van der Waals surface area contributed by atoms with Crippen LogP contribution in [0.15, 0.2) is 12.3 Å². The second-order valence-electron chi connectivity index (χ2n) is 7.84. The van der Waals surface area contributed by atoms with Crippen molar-refractivity contribution in [2.45, 2.75) is 63.0 Å². The van der Waals surface area contributed by atoms with Crippen LogP contribution < -0.4 is 5.32 Å². The topological polar surface area (TPSA) is 77.8 Å². The molecule has 0 amide bonds. The molecule has 0 aromatic carbocycles. The Morgan fingerprint density at radius 3 is 2.83 bits per heavy atom. The van der Waals surface area contributed by atoms with Gasteiger partial charge in [0.15, 0.2) is 5.82 Å². The highest BCUT2D eigenvalue weighted by Crippen LogP contribution is 2.54. The van der Waals surface area contributed by atoms with Gasteiger partial charge in [-0.15, -0.1) is 5.10 Å². The van der Waals surface area contributed by atoms with Crippen molar-refractivity contribution >= 4 is 17.4 Å². The van der Waals surface area contributed by atoms with Gasteiger partial charge in [-0.05, 0) is 25.3 Å². The first-order valence-electron chi connectivity index (χ1n) is 9.65. The molecular weight excluding hydrogens is 389 g/mol. The number of halogens is 3. The molecule has 2 aromatic rings. The molecule has 1 saturated heterocycles. The summed E-state index contributed by atoms with van der Waals surface area (Å²) in [6.07, 6.45) is 2.48. The lowest BCUT2D eigenvalue weighted by molar-refractivity contribution is -0.153. The van der Waals surface area contributed by atoms with Gasteiger partial charge in [0, 0.05) is 20.5 Å². The Labute approximate surface area is 165 Å². The molecule has 2 fully saturated rings. The number of nitrogens with zero attached hydrogens (tertiary/aromatic N) is 3. The lowest BCUT2D eigenvalue weighted by atomic mass is 9.63. The molecular formula is C19H23F3N4O3. The molecule has 1 saturated carbocycles. The number of anilines is 1. The standard InChI is InChI=1S/C19H23F3N4O3/c1-11(27)29-15-10-28-7-4-13(15)24-17-23-9-14-12(20)8-16(26(14)25-17)19(5-3-6-19)18(2,21)22/h8-9,13,15H,3-7,10H2,1-2H3,(H,24,25)/t13-,15-/m1/s1. The summed E-state index contributed by atoms with van der Waals surface area (Å²) in [7, 11) is 0. The number of ether oxygens (including phenoxy) is 2. The normalized spacial score (nSPS) is 24.2. The van der Waals surface area contributed by atoms with Crippen LogP contribution in [0.3, 0.4) is 0 Å². The second-order valence-corrected chi connectivity index (χ2v) is 7.84. The summed E-state index contributed by atoms with van der Waals surface area (Å²) in [5.41, 5.74) is -1.24. The number of esters is 1. The van der Waals surface area contributed by atoms with E-state index in [1.54, 1.807) is 0 Å². The van der Waals surface area contributed by atoms with Gasteiger partial charge in [0.2, 0.25) is 5.95 Å². The summed E-state index contributed by atoms with van der Waals surface area (Å²) in [5, 5.41) is 7.39. The van der Waals surface area contributed by atoms with E-state index in [0.29, 0.717) is 19.4 Å². The van der Waals surface area contributed by atoms with Gasteiger partial charge in [-0.25, -0.2) is 22.7 Å². The van der Waals surface area contributed by atoms with Crippen molar-refractivity contribution in [1.29, 1.82) is 0 Å². The minimum atomic E-state index is -3.01. The van der Waals surface area contributed by atoms with Crippen LogP contribution in [0.1, 0.15) is 45.2 Å². The number of hydrogen-bond acceptors (Lipinski definition) is 6. The maximum atomic E-state index is 14.4. The van der Waals surface area contributed by atoms with Crippen molar-refractivity contribution < 1.29 is 27.4 Å². The fourth-order valence-corrected chi connectivity index (χ4v) is 4.18. The van der Waals surface area contributed by atoms with Crippen molar-refractivity contribution in [3.63, 3.8) is 0 Å². The summed E-state index contributed by atoms with van der Waals surface area (Å²) in [4.78, 5) is 15.4. The first-order chi connectivity index (χ1) is 13.7. The van der Waals surface area contributed by atoms with Crippen LogP contribution in [0.5, 0.6) is 0 Å². The highest BCUT2D eigenvalue weighted by atomic mass is 19.3. The molecule has 10 heteroatoms. The Hall–Kier alpha value is -2.36. The molecule has 7 nitrogen and oxygen atoms in total. The highest BCUT2D eigenvalue weighted by Gasteiger charge is 2.57. The fraction of sp³-hybridized carbons (Fsp3) is 0.632. The molecule has 3 heterocycles. The van der Waals surface area contributed by atoms with Gasteiger partial charge < -0.3 is 14.8 Å². The number of fused-ring (bicyclic) bond motifs is 1. The molecule has 0 bridgehead atoms. The summed E-state index contributed by atoms with van der Waals surface area (Å²) in [5.74, 6) is -3.93. The molecule has 0 unspecified atom stereocenters. The largest absolute Gasteiger partial charge is 0.458 e. The van der Waals surface area contributed by atoms with Gasteiger partial charge in [0.1, 0.15) is 11.6 Å². The highest BCUT2D eigenvalue weighted by molar-refractivity contribution is 5.66. The van der Waals surface area contributed by atoms with Crippen LogP contribution in [0.4, 0.5) is 19.1 Å². The Morgan fingerprint density at radius 2 is 2.21 bits per heavy atom. The lowest BCUT2D eigenvalue weighted by Gasteiger charge is -2.45. The van der Waals surface area contributed by atoms with Gasteiger partial charge in [-0.2, -0.15) is 0 Å². The molecule has 29 heavy (non-hydrogen) atoms. The third-order valence-electron chi connectivity index (χ3n) is 5.94. The van der Waals surface area contributed by atoms with E-state index in [1.165, 1.54) is 17.6 Å². The first kappa shape index (κ1) is 19.9. The third kappa shape index (κ3) is 3.43. The van der Waals surface area contributed by atoms with Gasteiger partial charge >= 0.3 is 5.97 Å². The first-order valence-corrected chi connectivity index (χ1v) is 9.65. The average molecular weight is 412 g/mol. The minimum absolute atomic E-state index is 0.0459. The van der Waals surface area contributed by atoms with Crippen molar-refractivity contribution in [2.24, 2.45) is 0 Å². The second kappa shape index (κ2) is 7.16. The summed E-state index contributed by atoms with van der Waals surface area (Å²) in [6, 6.07) is 0.833. The zero-order valence-electron chi connectivity index (χ0n) is 16.3. The number of nitrogens with one attached hydrogen (secondary N) is 1. The molecule has 1 aliphatic carbocycles. The number of aromatic nitrogens is 3. The molecule has 1 aliphatic heterocycles. The molecule has 0 radical (unpaired) electrons. The Kier molecular flexibility index (Phi) is 4.92. The molecule has 4 rings (SSSR count). The van der Waals surface area contributed by atoms with Crippen LogP contribution in [-0.2, 0) is 19.7 Å². The van der Waals surface area contributed by atoms with E-state index < -0.39 is 29.2 Å². The van der Waals surface area contributed by atoms with E-state index in [-0.39, 0.29) is 42.6 Å². The Bertz CT molecular complexity index is 923. The van der Waals surface area contributed by atoms with Crippen LogP contribution in [-0.4, -0.2) is 51.8 Å². The van der Waals surface area contributed by atoms with Crippen LogP contribution in [0.2, 0.25) is 0 Å².